The molecule has 4 rings (SSSR count). The van der Waals surface area contributed by atoms with Crippen LogP contribution in [0.15, 0.2) is 82.1 Å². The number of rotatable bonds is 4. The van der Waals surface area contributed by atoms with E-state index in [2.05, 4.69) is 4.40 Å². The van der Waals surface area contributed by atoms with Crippen molar-refractivity contribution in [3.63, 3.8) is 0 Å². The van der Waals surface area contributed by atoms with Gasteiger partial charge in [-0.15, -0.1) is 0 Å². The average molecular weight is 431 g/mol. The van der Waals surface area contributed by atoms with Gasteiger partial charge in [0.05, 0.1) is 16.2 Å². The molecule has 3 aromatic carbocycles. The number of allylic oxidation sites excluding steroid dienone is 1. The molecule has 156 valence electrons. The number of aryl methyl sites for hydroxylation is 2. The number of nitrogens with zero attached hydrogens (tertiary/aromatic N) is 2. The molecular weight excluding hydrogens is 408 g/mol. The smallest absolute Gasteiger partial charge is 0.282 e. The van der Waals surface area contributed by atoms with E-state index in [1.54, 1.807) is 24.1 Å². The molecule has 5 nitrogen and oxygen atoms in total. The quantitative estimate of drug-likeness (QED) is 0.447. The van der Waals surface area contributed by atoms with Crippen molar-refractivity contribution in [3.8, 4) is 0 Å². The lowest BCUT2D eigenvalue weighted by Crippen LogP contribution is -2.21. The van der Waals surface area contributed by atoms with Crippen LogP contribution < -0.4 is 4.90 Å². The maximum Gasteiger partial charge on any atom is 0.282 e. The first-order valence-electron chi connectivity index (χ1n) is 9.84. The van der Waals surface area contributed by atoms with Crippen molar-refractivity contribution in [2.24, 2.45) is 4.40 Å². The van der Waals surface area contributed by atoms with E-state index in [4.69, 9.17) is 0 Å². The van der Waals surface area contributed by atoms with Crippen LogP contribution in [0.4, 0.5) is 5.69 Å². The molecule has 0 saturated heterocycles. The Bertz CT molecular complexity index is 1320. The predicted octanol–water partition coefficient (Wildman–Crippen LogP) is 4.65. The number of carbonyl (C=O) groups excluding carboxylic acids is 1. The van der Waals surface area contributed by atoms with E-state index in [0.717, 1.165) is 27.9 Å². The zero-order chi connectivity index (χ0) is 22.2. The molecule has 3 aromatic rings. The topological polar surface area (TPSA) is 66.8 Å². The number of carbonyl (C=O) groups is 1. The molecule has 0 fully saturated rings. The number of anilines is 1. The fourth-order valence-electron chi connectivity index (χ4n) is 3.59. The third-order valence-corrected chi connectivity index (χ3v) is 6.55. The first-order chi connectivity index (χ1) is 14.8. The minimum absolute atomic E-state index is 0.109. The van der Waals surface area contributed by atoms with Crippen molar-refractivity contribution in [2.75, 3.05) is 11.9 Å². The van der Waals surface area contributed by atoms with E-state index in [1.165, 1.54) is 18.3 Å². The molecule has 0 bridgehead atoms. The summed E-state index contributed by atoms with van der Waals surface area (Å²) in [6.07, 6.45) is 1.29. The van der Waals surface area contributed by atoms with Gasteiger partial charge in [0, 0.05) is 24.4 Å². The number of fused-ring (bicyclic) bond motifs is 1. The highest BCUT2D eigenvalue weighted by atomic mass is 32.2. The number of hydrogen-bond acceptors (Lipinski definition) is 3. The van der Waals surface area contributed by atoms with Crippen LogP contribution in [0.25, 0.3) is 11.1 Å². The molecule has 1 aliphatic heterocycles. The zero-order valence-corrected chi connectivity index (χ0v) is 18.3. The lowest BCUT2D eigenvalue weighted by molar-refractivity contribution is -0.112. The Morgan fingerprint density at radius 3 is 2.23 bits per heavy atom. The van der Waals surface area contributed by atoms with Crippen molar-refractivity contribution in [3.05, 3.63) is 95.1 Å². The lowest BCUT2D eigenvalue weighted by Gasteiger charge is -2.09. The van der Waals surface area contributed by atoms with Crippen LogP contribution in [-0.4, -0.2) is 27.6 Å². The number of amides is 1. The van der Waals surface area contributed by atoms with Gasteiger partial charge in [0.1, 0.15) is 0 Å². The van der Waals surface area contributed by atoms with Crippen molar-refractivity contribution < 1.29 is 13.2 Å². The Hall–Kier alpha value is -3.51. The van der Waals surface area contributed by atoms with Crippen molar-refractivity contribution in [1.29, 1.82) is 0 Å². The van der Waals surface area contributed by atoms with Gasteiger partial charge in [-0.1, -0.05) is 59.7 Å². The third-order valence-electron chi connectivity index (χ3n) is 5.29. The van der Waals surface area contributed by atoms with Crippen molar-refractivity contribution in [2.45, 2.75) is 18.7 Å². The summed E-state index contributed by atoms with van der Waals surface area (Å²) >= 11 is 0. The number of sulfonamides is 1. The maximum atomic E-state index is 13.2. The van der Waals surface area contributed by atoms with E-state index in [9.17, 15) is 13.2 Å². The molecular formula is C25H22N2O3S. The molecule has 1 heterocycles. The molecule has 0 aliphatic carbocycles. The minimum Gasteiger partial charge on any atom is -0.311 e. The fourth-order valence-corrected chi connectivity index (χ4v) is 4.44. The Kier molecular flexibility index (Phi) is 5.33. The molecule has 1 aliphatic rings. The molecule has 0 aromatic heterocycles. The molecule has 0 radical (unpaired) electrons. The molecule has 31 heavy (non-hydrogen) atoms. The number of hydrogen-bond donors (Lipinski definition) is 0. The van der Waals surface area contributed by atoms with Gasteiger partial charge in [-0.25, -0.2) is 0 Å². The number of likely N-dealkylation sites (N-methyl/N-ethyl adjacent to an activating group) is 1. The van der Waals surface area contributed by atoms with Crippen LogP contribution in [0.1, 0.15) is 22.3 Å². The van der Waals surface area contributed by atoms with Gasteiger partial charge in [0.2, 0.25) is 0 Å². The summed E-state index contributed by atoms with van der Waals surface area (Å²) in [6.45, 7) is 3.85. The largest absolute Gasteiger partial charge is 0.311 e. The summed E-state index contributed by atoms with van der Waals surface area (Å²) in [7, 11) is -2.20. The molecule has 1 amide bonds. The predicted molar refractivity (Wildman–Crippen MR) is 125 cm³/mol. The van der Waals surface area contributed by atoms with Crippen LogP contribution in [0.2, 0.25) is 0 Å². The Morgan fingerprint density at radius 1 is 0.903 bits per heavy atom. The van der Waals surface area contributed by atoms with Gasteiger partial charge in [-0.05, 0) is 43.7 Å². The Balaban J connectivity index is 1.91. The highest BCUT2D eigenvalue weighted by Gasteiger charge is 2.32. The average Bonchev–Trinajstić information content (AvgIpc) is 2.99. The van der Waals surface area contributed by atoms with Crippen molar-refractivity contribution in [1.82, 2.24) is 0 Å². The van der Waals surface area contributed by atoms with Crippen LogP contribution >= 0.6 is 0 Å². The molecule has 0 spiro atoms. The first-order valence-corrected chi connectivity index (χ1v) is 11.3. The van der Waals surface area contributed by atoms with Crippen molar-refractivity contribution >= 4 is 39.0 Å². The van der Waals surface area contributed by atoms with E-state index < -0.39 is 10.0 Å². The third kappa shape index (κ3) is 3.94. The second-order valence-electron chi connectivity index (χ2n) is 7.56. The summed E-state index contributed by atoms with van der Waals surface area (Å²) in [5, 5.41) is 0. The standard InChI is InChI=1S/C25H22N2O3S/c1-17-9-12-20(13-10-17)31(29,30)26-16-22(19-7-5-4-6-8-19)24-21-15-18(2)11-14-23(21)27(3)25(24)28/h4-16H,1-3H3/b24-22+,26-16-. The fraction of sp³-hybridized carbons (Fsp3) is 0.120. The van der Waals surface area contributed by atoms with Gasteiger partial charge in [-0.2, -0.15) is 12.8 Å². The van der Waals surface area contributed by atoms with Crippen LogP contribution in [0, 0.1) is 13.8 Å². The SMILES string of the molecule is Cc1ccc(S(=O)(=O)/N=C\C(=C2/C(=O)N(C)c3ccc(C)cc32)c2ccccc2)cc1. The summed E-state index contributed by atoms with van der Waals surface area (Å²) in [5.74, 6) is -0.196. The van der Waals surface area contributed by atoms with Gasteiger partial charge in [-0.3, -0.25) is 4.79 Å². The van der Waals surface area contributed by atoms with Crippen LogP contribution in [0.3, 0.4) is 0 Å². The second-order valence-corrected chi connectivity index (χ2v) is 9.19. The van der Waals surface area contributed by atoms with Gasteiger partial charge >= 0.3 is 0 Å². The van der Waals surface area contributed by atoms with E-state index >= 15 is 0 Å². The van der Waals surface area contributed by atoms with E-state index in [-0.39, 0.29) is 10.8 Å². The molecule has 0 saturated carbocycles. The highest BCUT2D eigenvalue weighted by molar-refractivity contribution is 7.90. The first kappa shape index (κ1) is 20.8. The summed E-state index contributed by atoms with van der Waals surface area (Å²) in [6, 6.07) is 21.6. The Labute approximate surface area is 182 Å². The second kappa shape index (κ2) is 7.96. The normalized spacial score (nSPS) is 15.5. The van der Waals surface area contributed by atoms with Crippen LogP contribution in [0.5, 0.6) is 0 Å². The van der Waals surface area contributed by atoms with E-state index in [0.29, 0.717) is 11.1 Å². The monoisotopic (exact) mass is 430 g/mol. The molecule has 6 heteroatoms. The Morgan fingerprint density at radius 2 is 1.55 bits per heavy atom. The van der Waals surface area contributed by atoms with Crippen LogP contribution in [-0.2, 0) is 14.8 Å². The summed E-state index contributed by atoms with van der Waals surface area (Å²) < 4.78 is 29.6. The molecule has 0 unspecified atom stereocenters. The minimum atomic E-state index is -3.92. The lowest BCUT2D eigenvalue weighted by atomic mass is 9.95. The molecule has 0 N–H and O–H groups in total. The maximum absolute atomic E-state index is 13.2. The summed E-state index contributed by atoms with van der Waals surface area (Å²) in [5.41, 5.74) is 5.15. The zero-order valence-electron chi connectivity index (χ0n) is 17.5. The van der Waals surface area contributed by atoms with Gasteiger partial charge in [0.15, 0.2) is 0 Å². The van der Waals surface area contributed by atoms with Gasteiger partial charge in [0.25, 0.3) is 15.9 Å². The van der Waals surface area contributed by atoms with E-state index in [1.807, 2.05) is 62.4 Å². The number of benzene rings is 3. The molecule has 0 atom stereocenters. The van der Waals surface area contributed by atoms with Gasteiger partial charge < -0.3 is 4.90 Å². The summed E-state index contributed by atoms with van der Waals surface area (Å²) in [4.78, 5) is 14.9. The highest BCUT2D eigenvalue weighted by Crippen LogP contribution is 2.40.